The molecule has 1 amide bonds. The van der Waals surface area contributed by atoms with Crippen molar-refractivity contribution in [2.75, 3.05) is 0 Å². The number of carbonyl (C=O) groups excluding carboxylic acids is 1. The fraction of sp³-hybridized carbons (Fsp3) is 0.222. The van der Waals surface area contributed by atoms with E-state index >= 15 is 0 Å². The number of aromatic nitrogens is 2. The second-order valence-corrected chi connectivity index (χ2v) is 5.65. The molecule has 2 aromatic heterocycles. The summed E-state index contributed by atoms with van der Waals surface area (Å²) in [5, 5.41) is 2.97. The van der Waals surface area contributed by atoms with Crippen LogP contribution in [-0.2, 0) is 6.54 Å². The average molecular weight is 293 g/mol. The van der Waals surface area contributed by atoms with Crippen LogP contribution in [0.5, 0.6) is 0 Å². The van der Waals surface area contributed by atoms with Crippen molar-refractivity contribution >= 4 is 11.6 Å². The first kappa shape index (κ1) is 14.3. The maximum absolute atomic E-state index is 12.5. The van der Waals surface area contributed by atoms with Gasteiger partial charge in [0.2, 0.25) is 0 Å². The molecule has 0 radical (unpaired) electrons. The Labute approximate surface area is 129 Å². The van der Waals surface area contributed by atoms with Crippen molar-refractivity contribution in [2.24, 2.45) is 0 Å². The molecule has 4 nitrogen and oxygen atoms in total. The fourth-order valence-corrected chi connectivity index (χ4v) is 2.51. The Balaban J connectivity index is 1.84. The van der Waals surface area contributed by atoms with Crippen LogP contribution in [0.25, 0.3) is 5.65 Å². The summed E-state index contributed by atoms with van der Waals surface area (Å²) < 4.78 is 1.86. The van der Waals surface area contributed by atoms with E-state index in [1.165, 1.54) is 5.56 Å². The first-order valence-corrected chi connectivity index (χ1v) is 7.33. The van der Waals surface area contributed by atoms with Crippen LogP contribution in [0.2, 0.25) is 0 Å². The van der Waals surface area contributed by atoms with Crippen molar-refractivity contribution in [2.45, 2.75) is 27.3 Å². The molecule has 1 aromatic carbocycles. The summed E-state index contributed by atoms with van der Waals surface area (Å²) in [6.07, 6.45) is 1.94. The van der Waals surface area contributed by atoms with Crippen molar-refractivity contribution in [1.82, 2.24) is 14.7 Å². The lowest BCUT2D eigenvalue weighted by Crippen LogP contribution is -2.25. The number of hydrogen-bond acceptors (Lipinski definition) is 2. The van der Waals surface area contributed by atoms with Crippen molar-refractivity contribution in [3.63, 3.8) is 0 Å². The van der Waals surface area contributed by atoms with Crippen LogP contribution in [0.3, 0.4) is 0 Å². The van der Waals surface area contributed by atoms with Crippen molar-refractivity contribution < 1.29 is 4.79 Å². The first-order valence-electron chi connectivity index (χ1n) is 7.33. The third-order valence-corrected chi connectivity index (χ3v) is 3.73. The molecule has 3 rings (SSSR count). The molecule has 4 heteroatoms. The van der Waals surface area contributed by atoms with E-state index in [1.807, 2.05) is 67.8 Å². The van der Waals surface area contributed by atoms with Gasteiger partial charge in [0.1, 0.15) is 11.3 Å². The van der Waals surface area contributed by atoms with Crippen LogP contribution in [-0.4, -0.2) is 15.3 Å². The minimum Gasteiger partial charge on any atom is -0.347 e. The van der Waals surface area contributed by atoms with Gasteiger partial charge in [-0.1, -0.05) is 35.9 Å². The number of amides is 1. The second-order valence-electron chi connectivity index (χ2n) is 5.65. The van der Waals surface area contributed by atoms with Crippen LogP contribution in [0, 0.1) is 20.8 Å². The number of aryl methyl sites for hydroxylation is 3. The molecule has 0 fully saturated rings. The lowest BCUT2D eigenvalue weighted by molar-refractivity contribution is 0.0944. The van der Waals surface area contributed by atoms with E-state index in [2.05, 4.69) is 10.3 Å². The highest BCUT2D eigenvalue weighted by atomic mass is 16.1. The van der Waals surface area contributed by atoms with Crippen LogP contribution in [0.1, 0.15) is 32.9 Å². The Bertz CT molecular complexity index is 831. The molecule has 22 heavy (non-hydrogen) atoms. The van der Waals surface area contributed by atoms with Crippen molar-refractivity contribution in [3.05, 3.63) is 70.7 Å². The van der Waals surface area contributed by atoms with E-state index in [-0.39, 0.29) is 5.91 Å². The number of benzene rings is 1. The van der Waals surface area contributed by atoms with Gasteiger partial charge in [0, 0.05) is 12.7 Å². The molecule has 0 saturated heterocycles. The Morgan fingerprint density at radius 1 is 1.05 bits per heavy atom. The van der Waals surface area contributed by atoms with Gasteiger partial charge in [0.25, 0.3) is 5.91 Å². The Morgan fingerprint density at radius 3 is 2.45 bits per heavy atom. The molecule has 0 bridgehead atoms. The monoisotopic (exact) mass is 293 g/mol. The molecular formula is C18H19N3O. The predicted molar refractivity (Wildman–Crippen MR) is 87.0 cm³/mol. The highest BCUT2D eigenvalue weighted by Gasteiger charge is 2.16. The molecule has 112 valence electrons. The number of carbonyl (C=O) groups is 1. The van der Waals surface area contributed by atoms with E-state index < -0.39 is 0 Å². The van der Waals surface area contributed by atoms with E-state index in [0.29, 0.717) is 12.2 Å². The standard InChI is InChI=1S/C18H19N3O/c1-12-4-7-15(8-5-12)10-19-18(22)17-14(3)20-16-9-6-13(2)11-21(16)17/h4-9,11H,10H2,1-3H3,(H,19,22). The summed E-state index contributed by atoms with van der Waals surface area (Å²) in [5.74, 6) is -0.101. The maximum Gasteiger partial charge on any atom is 0.270 e. The minimum atomic E-state index is -0.101. The van der Waals surface area contributed by atoms with E-state index in [9.17, 15) is 4.79 Å². The number of rotatable bonds is 3. The number of nitrogens with zero attached hydrogens (tertiary/aromatic N) is 2. The quantitative estimate of drug-likeness (QED) is 0.806. The molecule has 3 aromatic rings. The Hall–Kier alpha value is -2.62. The zero-order valence-corrected chi connectivity index (χ0v) is 13.1. The molecule has 0 spiro atoms. The third kappa shape index (κ3) is 2.72. The van der Waals surface area contributed by atoms with Gasteiger partial charge in [-0.15, -0.1) is 0 Å². The summed E-state index contributed by atoms with van der Waals surface area (Å²) in [4.78, 5) is 17.0. The number of hydrogen-bond donors (Lipinski definition) is 1. The summed E-state index contributed by atoms with van der Waals surface area (Å²) in [6, 6.07) is 12.1. The van der Waals surface area contributed by atoms with Crippen LogP contribution < -0.4 is 5.32 Å². The predicted octanol–water partition coefficient (Wildman–Crippen LogP) is 3.19. The maximum atomic E-state index is 12.5. The molecule has 0 atom stereocenters. The molecule has 0 aliphatic rings. The zero-order chi connectivity index (χ0) is 15.7. The van der Waals surface area contributed by atoms with Gasteiger partial charge in [0.05, 0.1) is 5.69 Å². The lowest BCUT2D eigenvalue weighted by Gasteiger charge is -2.07. The number of pyridine rings is 1. The largest absolute Gasteiger partial charge is 0.347 e. The average Bonchev–Trinajstić information content (AvgIpc) is 2.81. The minimum absolute atomic E-state index is 0.101. The van der Waals surface area contributed by atoms with Crippen LogP contribution in [0.15, 0.2) is 42.6 Å². The molecule has 0 aliphatic heterocycles. The van der Waals surface area contributed by atoms with Crippen molar-refractivity contribution in [3.8, 4) is 0 Å². The topological polar surface area (TPSA) is 46.4 Å². The Kier molecular flexibility index (Phi) is 3.67. The van der Waals surface area contributed by atoms with Gasteiger partial charge in [-0.05, 0) is 38.0 Å². The van der Waals surface area contributed by atoms with E-state index in [1.54, 1.807) is 0 Å². The normalized spacial score (nSPS) is 10.9. The van der Waals surface area contributed by atoms with E-state index in [4.69, 9.17) is 0 Å². The molecule has 0 saturated carbocycles. The smallest absolute Gasteiger partial charge is 0.270 e. The van der Waals surface area contributed by atoms with Crippen LogP contribution >= 0.6 is 0 Å². The number of imidazole rings is 1. The Morgan fingerprint density at radius 2 is 1.73 bits per heavy atom. The number of nitrogens with one attached hydrogen (secondary N) is 1. The molecular weight excluding hydrogens is 274 g/mol. The third-order valence-electron chi connectivity index (χ3n) is 3.73. The molecule has 0 aliphatic carbocycles. The summed E-state index contributed by atoms with van der Waals surface area (Å²) in [6.45, 7) is 6.43. The highest BCUT2D eigenvalue weighted by molar-refractivity contribution is 5.94. The van der Waals surface area contributed by atoms with Gasteiger partial charge in [-0.25, -0.2) is 4.98 Å². The first-order chi connectivity index (χ1) is 10.5. The van der Waals surface area contributed by atoms with Gasteiger partial charge < -0.3 is 5.32 Å². The second kappa shape index (κ2) is 5.64. The van der Waals surface area contributed by atoms with Gasteiger partial charge in [-0.2, -0.15) is 0 Å². The van der Waals surface area contributed by atoms with Gasteiger partial charge in [-0.3, -0.25) is 9.20 Å². The zero-order valence-electron chi connectivity index (χ0n) is 13.1. The van der Waals surface area contributed by atoms with Crippen molar-refractivity contribution in [1.29, 1.82) is 0 Å². The molecule has 0 unspecified atom stereocenters. The van der Waals surface area contributed by atoms with Crippen LogP contribution in [0.4, 0.5) is 0 Å². The molecule has 1 N–H and O–H groups in total. The lowest BCUT2D eigenvalue weighted by atomic mass is 10.1. The molecule has 2 heterocycles. The number of fused-ring (bicyclic) bond motifs is 1. The highest BCUT2D eigenvalue weighted by Crippen LogP contribution is 2.13. The fourth-order valence-electron chi connectivity index (χ4n) is 2.51. The van der Waals surface area contributed by atoms with Gasteiger partial charge >= 0.3 is 0 Å². The summed E-state index contributed by atoms with van der Waals surface area (Å²) in [7, 11) is 0. The van der Waals surface area contributed by atoms with E-state index in [0.717, 1.165) is 22.5 Å². The summed E-state index contributed by atoms with van der Waals surface area (Å²) >= 11 is 0. The van der Waals surface area contributed by atoms with Gasteiger partial charge in [0.15, 0.2) is 0 Å². The summed E-state index contributed by atoms with van der Waals surface area (Å²) in [5.41, 5.74) is 5.53. The SMILES string of the molecule is Cc1ccc(CNC(=O)c2c(C)nc3ccc(C)cn23)cc1.